The standard InChI is InChI=1S/C20H22FNO3/c1-11-17-15(23)9-20(3,4)10-16(17)25-18(11)19(24)22-12(2)13-6-5-7-14(21)8-13/h5-8,12H,9-10H2,1-4H3,(H,22,24)/t12-/m0/s1. The van der Waals surface area contributed by atoms with Gasteiger partial charge >= 0.3 is 0 Å². The molecule has 25 heavy (non-hydrogen) atoms. The molecule has 132 valence electrons. The van der Waals surface area contributed by atoms with Gasteiger partial charge in [-0.2, -0.15) is 0 Å². The highest BCUT2D eigenvalue weighted by molar-refractivity contribution is 6.03. The minimum absolute atomic E-state index is 0.0183. The SMILES string of the molecule is Cc1c(C(=O)N[C@@H](C)c2cccc(F)c2)oc2c1C(=O)CC(C)(C)C2. The van der Waals surface area contributed by atoms with E-state index in [2.05, 4.69) is 5.32 Å². The summed E-state index contributed by atoms with van der Waals surface area (Å²) in [5, 5.41) is 2.81. The van der Waals surface area contributed by atoms with E-state index in [-0.39, 0.29) is 28.8 Å². The van der Waals surface area contributed by atoms with E-state index >= 15 is 0 Å². The topological polar surface area (TPSA) is 59.3 Å². The number of nitrogens with one attached hydrogen (secondary N) is 1. The van der Waals surface area contributed by atoms with Crippen molar-refractivity contribution in [3.63, 3.8) is 0 Å². The average Bonchev–Trinajstić information content (AvgIpc) is 2.82. The van der Waals surface area contributed by atoms with Crippen molar-refractivity contribution in [1.82, 2.24) is 5.32 Å². The smallest absolute Gasteiger partial charge is 0.287 e. The lowest BCUT2D eigenvalue weighted by molar-refractivity contribution is 0.0883. The van der Waals surface area contributed by atoms with Crippen LogP contribution < -0.4 is 5.32 Å². The zero-order chi connectivity index (χ0) is 18.4. The monoisotopic (exact) mass is 343 g/mol. The van der Waals surface area contributed by atoms with Crippen LogP contribution in [0.5, 0.6) is 0 Å². The van der Waals surface area contributed by atoms with E-state index in [4.69, 9.17) is 4.42 Å². The zero-order valence-corrected chi connectivity index (χ0v) is 14.9. The third-order valence-corrected chi connectivity index (χ3v) is 4.68. The Balaban J connectivity index is 1.85. The first kappa shape index (κ1) is 17.4. The highest BCUT2D eigenvalue weighted by atomic mass is 19.1. The molecule has 1 amide bonds. The molecule has 0 unspecified atom stereocenters. The van der Waals surface area contributed by atoms with Crippen LogP contribution >= 0.6 is 0 Å². The Kier molecular flexibility index (Phi) is 4.27. The van der Waals surface area contributed by atoms with Crippen LogP contribution in [0.15, 0.2) is 28.7 Å². The fourth-order valence-electron chi connectivity index (χ4n) is 3.42. The van der Waals surface area contributed by atoms with Gasteiger partial charge in [0.05, 0.1) is 11.6 Å². The molecule has 0 saturated carbocycles. The second-order valence-corrected chi connectivity index (χ2v) is 7.55. The molecule has 1 aliphatic carbocycles. The highest BCUT2D eigenvalue weighted by Gasteiger charge is 2.37. The van der Waals surface area contributed by atoms with E-state index in [0.717, 1.165) is 0 Å². The predicted octanol–water partition coefficient (Wildman–Crippen LogP) is 4.37. The molecule has 1 aromatic carbocycles. The highest BCUT2D eigenvalue weighted by Crippen LogP contribution is 2.38. The van der Waals surface area contributed by atoms with Crippen molar-refractivity contribution in [2.24, 2.45) is 5.41 Å². The first-order chi connectivity index (χ1) is 11.7. The van der Waals surface area contributed by atoms with Crippen molar-refractivity contribution >= 4 is 11.7 Å². The van der Waals surface area contributed by atoms with E-state index in [1.807, 2.05) is 13.8 Å². The Hall–Kier alpha value is -2.43. The van der Waals surface area contributed by atoms with Gasteiger partial charge < -0.3 is 9.73 Å². The molecule has 1 aromatic heterocycles. The molecule has 0 saturated heterocycles. The van der Waals surface area contributed by atoms with E-state index in [1.165, 1.54) is 12.1 Å². The number of amides is 1. The van der Waals surface area contributed by atoms with Gasteiger partial charge in [0.1, 0.15) is 11.6 Å². The summed E-state index contributed by atoms with van der Waals surface area (Å²) in [6.07, 6.45) is 1.07. The number of ketones is 1. The summed E-state index contributed by atoms with van der Waals surface area (Å²) in [6, 6.07) is 5.72. The van der Waals surface area contributed by atoms with Gasteiger partial charge in [-0.05, 0) is 37.0 Å². The quantitative estimate of drug-likeness (QED) is 0.900. The number of hydrogen-bond acceptors (Lipinski definition) is 3. The number of halogens is 1. The predicted molar refractivity (Wildman–Crippen MR) is 92.2 cm³/mol. The lowest BCUT2D eigenvalue weighted by Gasteiger charge is -2.27. The van der Waals surface area contributed by atoms with Crippen molar-refractivity contribution < 1.29 is 18.4 Å². The maximum atomic E-state index is 13.4. The molecule has 4 nitrogen and oxygen atoms in total. The zero-order valence-electron chi connectivity index (χ0n) is 14.9. The van der Waals surface area contributed by atoms with Crippen LogP contribution in [0.4, 0.5) is 4.39 Å². The van der Waals surface area contributed by atoms with Gasteiger partial charge in [0.25, 0.3) is 5.91 Å². The van der Waals surface area contributed by atoms with Crippen LogP contribution in [0.3, 0.4) is 0 Å². The number of carbonyl (C=O) groups excluding carboxylic acids is 2. The Morgan fingerprint density at radius 1 is 1.32 bits per heavy atom. The molecule has 1 heterocycles. The maximum absolute atomic E-state index is 13.4. The average molecular weight is 343 g/mol. The summed E-state index contributed by atoms with van der Waals surface area (Å²) < 4.78 is 19.1. The number of Topliss-reactive ketones (excluding diaryl/α,β-unsaturated/α-hetero) is 1. The van der Waals surface area contributed by atoms with Gasteiger partial charge in [-0.3, -0.25) is 9.59 Å². The van der Waals surface area contributed by atoms with Crippen molar-refractivity contribution in [2.75, 3.05) is 0 Å². The first-order valence-corrected chi connectivity index (χ1v) is 8.40. The molecule has 0 fully saturated rings. The van der Waals surface area contributed by atoms with Crippen molar-refractivity contribution in [1.29, 1.82) is 0 Å². The Morgan fingerprint density at radius 2 is 2.04 bits per heavy atom. The summed E-state index contributed by atoms with van der Waals surface area (Å²) in [7, 11) is 0. The minimum Gasteiger partial charge on any atom is -0.455 e. The third-order valence-electron chi connectivity index (χ3n) is 4.68. The van der Waals surface area contributed by atoms with Crippen molar-refractivity contribution in [3.05, 3.63) is 58.3 Å². The van der Waals surface area contributed by atoms with Gasteiger partial charge in [0.15, 0.2) is 11.5 Å². The number of hydrogen-bond donors (Lipinski definition) is 1. The van der Waals surface area contributed by atoms with Gasteiger partial charge in [0, 0.05) is 18.4 Å². The molecule has 0 spiro atoms. The normalized spacial score (nSPS) is 17.1. The van der Waals surface area contributed by atoms with E-state index in [9.17, 15) is 14.0 Å². The summed E-state index contributed by atoms with van der Waals surface area (Å²) in [5.41, 5.74) is 1.62. The van der Waals surface area contributed by atoms with Gasteiger partial charge in [-0.15, -0.1) is 0 Å². The van der Waals surface area contributed by atoms with Crippen LogP contribution in [-0.4, -0.2) is 11.7 Å². The fourth-order valence-corrected chi connectivity index (χ4v) is 3.42. The molecule has 1 aliphatic rings. The number of carbonyl (C=O) groups is 2. The van der Waals surface area contributed by atoms with Gasteiger partial charge in [-0.1, -0.05) is 26.0 Å². The Bertz CT molecular complexity index is 851. The van der Waals surface area contributed by atoms with Crippen molar-refractivity contribution in [2.45, 2.75) is 46.6 Å². The van der Waals surface area contributed by atoms with E-state index in [0.29, 0.717) is 35.3 Å². The fraction of sp³-hybridized carbons (Fsp3) is 0.400. The summed E-state index contributed by atoms with van der Waals surface area (Å²) in [4.78, 5) is 25.0. The second-order valence-electron chi connectivity index (χ2n) is 7.55. The van der Waals surface area contributed by atoms with Crippen LogP contribution in [0, 0.1) is 18.2 Å². The number of fused-ring (bicyclic) bond motifs is 1. The second kappa shape index (κ2) is 6.14. The van der Waals surface area contributed by atoms with E-state index < -0.39 is 5.91 Å². The van der Waals surface area contributed by atoms with Crippen LogP contribution in [0.2, 0.25) is 0 Å². The summed E-state index contributed by atoms with van der Waals surface area (Å²) in [5.74, 6) is 0.0247. The largest absolute Gasteiger partial charge is 0.455 e. The lowest BCUT2D eigenvalue weighted by atomic mass is 9.76. The molecular weight excluding hydrogens is 321 g/mol. The Morgan fingerprint density at radius 3 is 2.72 bits per heavy atom. The van der Waals surface area contributed by atoms with Crippen LogP contribution in [-0.2, 0) is 6.42 Å². The van der Waals surface area contributed by atoms with Crippen LogP contribution in [0.25, 0.3) is 0 Å². The molecular formula is C20H22FNO3. The Labute approximate surface area is 146 Å². The summed E-state index contributed by atoms with van der Waals surface area (Å²) in [6.45, 7) is 7.54. The third kappa shape index (κ3) is 3.36. The summed E-state index contributed by atoms with van der Waals surface area (Å²) >= 11 is 0. The molecule has 0 bridgehead atoms. The van der Waals surface area contributed by atoms with Gasteiger partial charge in [-0.25, -0.2) is 4.39 Å². The molecule has 3 rings (SSSR count). The minimum atomic E-state index is -0.394. The maximum Gasteiger partial charge on any atom is 0.287 e. The van der Waals surface area contributed by atoms with Crippen LogP contribution in [0.1, 0.15) is 71.0 Å². The lowest BCUT2D eigenvalue weighted by Crippen LogP contribution is -2.27. The van der Waals surface area contributed by atoms with Gasteiger partial charge in [0.2, 0.25) is 0 Å². The first-order valence-electron chi connectivity index (χ1n) is 8.40. The molecule has 1 N–H and O–H groups in total. The molecule has 5 heteroatoms. The molecule has 0 radical (unpaired) electrons. The molecule has 2 aromatic rings. The number of benzene rings is 1. The van der Waals surface area contributed by atoms with E-state index in [1.54, 1.807) is 26.0 Å². The molecule has 1 atom stereocenters. The molecule has 0 aliphatic heterocycles. The number of furan rings is 1. The van der Waals surface area contributed by atoms with Crippen molar-refractivity contribution in [3.8, 4) is 0 Å². The number of rotatable bonds is 3.